The Hall–Kier alpha value is -1.86. The molecule has 7 heteroatoms. The third-order valence-electron chi connectivity index (χ3n) is 3.71. The van der Waals surface area contributed by atoms with Gasteiger partial charge in [-0.15, -0.1) is 0 Å². The van der Waals surface area contributed by atoms with Crippen molar-refractivity contribution in [1.29, 1.82) is 0 Å². The number of anilines is 1. The Bertz CT molecular complexity index is 755. The molecule has 0 saturated carbocycles. The van der Waals surface area contributed by atoms with E-state index in [0.29, 0.717) is 18.8 Å². The van der Waals surface area contributed by atoms with E-state index < -0.39 is 10.0 Å². The molecule has 2 heterocycles. The van der Waals surface area contributed by atoms with Gasteiger partial charge >= 0.3 is 0 Å². The maximum atomic E-state index is 12.8. The molecule has 1 aromatic carbocycles. The maximum absolute atomic E-state index is 12.8. The lowest BCUT2D eigenvalue weighted by atomic mass is 10.1. The van der Waals surface area contributed by atoms with E-state index in [0.717, 1.165) is 11.1 Å². The smallest absolute Gasteiger partial charge is 0.249 e. The van der Waals surface area contributed by atoms with Gasteiger partial charge in [-0.2, -0.15) is 9.40 Å². The minimum absolute atomic E-state index is 0.0564. The highest BCUT2D eigenvalue weighted by Gasteiger charge is 2.34. The summed E-state index contributed by atoms with van der Waals surface area (Å²) in [7, 11) is -1.94. The number of hydrogen-bond acceptors (Lipinski definition) is 4. The number of nitrogens with zero attached hydrogens (tertiary/aromatic N) is 3. The van der Waals surface area contributed by atoms with E-state index in [-0.39, 0.29) is 10.7 Å². The van der Waals surface area contributed by atoms with Crippen molar-refractivity contribution in [3.05, 3.63) is 41.1 Å². The summed E-state index contributed by atoms with van der Waals surface area (Å²) in [4.78, 5) is 0.118. The molecule has 0 fully saturated rings. The van der Waals surface area contributed by atoms with Crippen LogP contribution in [0.3, 0.4) is 0 Å². The van der Waals surface area contributed by atoms with Crippen LogP contribution in [0.5, 0.6) is 0 Å². The Morgan fingerprint density at radius 2 is 1.75 bits per heavy atom. The summed E-state index contributed by atoms with van der Waals surface area (Å²) in [6.07, 6.45) is 0. The van der Waals surface area contributed by atoms with Crippen molar-refractivity contribution in [3.63, 3.8) is 0 Å². The van der Waals surface area contributed by atoms with Crippen molar-refractivity contribution in [2.45, 2.75) is 24.9 Å². The first-order valence-corrected chi connectivity index (χ1v) is 7.71. The number of nitrogens with two attached hydrogens (primary N) is 1. The summed E-state index contributed by atoms with van der Waals surface area (Å²) in [6.45, 7) is 2.47. The van der Waals surface area contributed by atoms with Gasteiger partial charge in [-0.1, -0.05) is 24.3 Å². The van der Waals surface area contributed by atoms with Crippen LogP contribution in [0.25, 0.3) is 0 Å². The molecule has 0 amide bonds. The van der Waals surface area contributed by atoms with E-state index in [1.54, 1.807) is 14.0 Å². The van der Waals surface area contributed by atoms with Gasteiger partial charge in [0.2, 0.25) is 10.0 Å². The number of aryl methyl sites for hydroxylation is 1. The second kappa shape index (κ2) is 4.32. The van der Waals surface area contributed by atoms with E-state index in [9.17, 15) is 8.42 Å². The molecule has 0 spiro atoms. The van der Waals surface area contributed by atoms with Crippen molar-refractivity contribution in [3.8, 4) is 0 Å². The fourth-order valence-corrected chi connectivity index (χ4v) is 4.22. The monoisotopic (exact) mass is 292 g/mol. The second-order valence-corrected chi connectivity index (χ2v) is 6.84. The normalized spacial score (nSPS) is 15.5. The summed E-state index contributed by atoms with van der Waals surface area (Å²) in [5.74, 6) is 0.0564. The molecule has 0 saturated heterocycles. The molecule has 106 valence electrons. The Morgan fingerprint density at radius 1 is 1.20 bits per heavy atom. The molecular formula is C13H16N4O2S. The first-order chi connectivity index (χ1) is 9.41. The Balaban J connectivity index is 2.03. The van der Waals surface area contributed by atoms with E-state index in [1.807, 2.05) is 24.3 Å². The number of hydrogen-bond donors (Lipinski definition) is 1. The summed E-state index contributed by atoms with van der Waals surface area (Å²) >= 11 is 0. The number of nitrogen functional groups attached to an aromatic ring is 1. The van der Waals surface area contributed by atoms with Crippen LogP contribution in [0, 0.1) is 6.92 Å². The average Bonchev–Trinajstić information content (AvgIpc) is 2.92. The van der Waals surface area contributed by atoms with Crippen molar-refractivity contribution in [2.24, 2.45) is 7.05 Å². The third-order valence-corrected chi connectivity index (χ3v) is 5.67. The Morgan fingerprint density at radius 3 is 2.20 bits per heavy atom. The third kappa shape index (κ3) is 1.82. The van der Waals surface area contributed by atoms with Gasteiger partial charge in [0, 0.05) is 20.1 Å². The highest BCUT2D eigenvalue weighted by Crippen LogP contribution is 2.31. The zero-order valence-corrected chi connectivity index (χ0v) is 12.2. The van der Waals surface area contributed by atoms with Crippen molar-refractivity contribution >= 4 is 15.8 Å². The standard InChI is InChI=1S/C13H16N4O2S/c1-9-12(13(14)15-16(9)2)20(18,19)17-7-10-5-3-4-6-11(10)8-17/h3-6H,7-8H2,1-2H3,(H2,14,15). The number of aromatic nitrogens is 2. The van der Waals surface area contributed by atoms with Crippen LogP contribution in [0.1, 0.15) is 16.8 Å². The fraction of sp³-hybridized carbons (Fsp3) is 0.308. The van der Waals surface area contributed by atoms with Gasteiger partial charge in [-0.3, -0.25) is 4.68 Å². The highest BCUT2D eigenvalue weighted by molar-refractivity contribution is 7.89. The number of fused-ring (bicyclic) bond motifs is 1. The molecule has 2 aromatic rings. The van der Waals surface area contributed by atoms with Gasteiger partial charge < -0.3 is 5.73 Å². The van der Waals surface area contributed by atoms with Gasteiger partial charge in [-0.25, -0.2) is 8.42 Å². The summed E-state index contributed by atoms with van der Waals surface area (Å²) in [5.41, 5.74) is 8.39. The van der Waals surface area contributed by atoms with E-state index in [2.05, 4.69) is 5.10 Å². The van der Waals surface area contributed by atoms with Crippen molar-refractivity contribution < 1.29 is 8.42 Å². The van der Waals surface area contributed by atoms with Crippen molar-refractivity contribution in [2.75, 3.05) is 5.73 Å². The highest BCUT2D eigenvalue weighted by atomic mass is 32.2. The topological polar surface area (TPSA) is 81.2 Å². The molecule has 0 unspecified atom stereocenters. The zero-order valence-electron chi connectivity index (χ0n) is 11.4. The molecule has 0 radical (unpaired) electrons. The average molecular weight is 292 g/mol. The van der Waals surface area contributed by atoms with Crippen LogP contribution in [0.15, 0.2) is 29.2 Å². The van der Waals surface area contributed by atoms with Gasteiger partial charge in [0.05, 0.1) is 5.69 Å². The number of rotatable bonds is 2. The molecule has 1 aliphatic heterocycles. The lowest BCUT2D eigenvalue weighted by Gasteiger charge is -2.15. The van der Waals surface area contributed by atoms with E-state index in [4.69, 9.17) is 5.73 Å². The van der Waals surface area contributed by atoms with Crippen LogP contribution in [-0.4, -0.2) is 22.5 Å². The fourth-order valence-electron chi connectivity index (χ4n) is 2.53. The summed E-state index contributed by atoms with van der Waals surface area (Å²) < 4.78 is 28.4. The number of benzene rings is 1. The van der Waals surface area contributed by atoms with Crippen molar-refractivity contribution in [1.82, 2.24) is 14.1 Å². The Labute approximate surface area is 117 Å². The molecule has 20 heavy (non-hydrogen) atoms. The maximum Gasteiger partial charge on any atom is 0.249 e. The van der Waals surface area contributed by atoms with E-state index in [1.165, 1.54) is 8.99 Å². The Kier molecular flexibility index (Phi) is 2.84. The molecule has 0 aliphatic carbocycles. The van der Waals surface area contributed by atoms with Crippen LogP contribution in [-0.2, 0) is 30.2 Å². The number of sulfonamides is 1. The molecule has 2 N–H and O–H groups in total. The first-order valence-electron chi connectivity index (χ1n) is 6.27. The molecular weight excluding hydrogens is 276 g/mol. The van der Waals surface area contributed by atoms with Gasteiger partial charge in [0.25, 0.3) is 0 Å². The minimum atomic E-state index is -3.62. The quantitative estimate of drug-likeness (QED) is 0.896. The van der Waals surface area contributed by atoms with Gasteiger partial charge in [0.1, 0.15) is 4.90 Å². The lowest BCUT2D eigenvalue weighted by Crippen LogP contribution is -2.26. The molecule has 1 aliphatic rings. The summed E-state index contributed by atoms with van der Waals surface area (Å²) in [6, 6.07) is 7.73. The summed E-state index contributed by atoms with van der Waals surface area (Å²) in [5, 5.41) is 3.99. The molecule has 0 bridgehead atoms. The van der Waals surface area contributed by atoms with E-state index >= 15 is 0 Å². The van der Waals surface area contributed by atoms with Crippen LogP contribution < -0.4 is 5.73 Å². The van der Waals surface area contributed by atoms with Crippen LogP contribution >= 0.6 is 0 Å². The SMILES string of the molecule is Cc1c(S(=O)(=O)N2Cc3ccccc3C2)c(N)nn1C. The van der Waals surface area contributed by atoms with Gasteiger partial charge in [-0.05, 0) is 18.1 Å². The van der Waals surface area contributed by atoms with Crippen LogP contribution in [0.2, 0.25) is 0 Å². The van der Waals surface area contributed by atoms with Crippen LogP contribution in [0.4, 0.5) is 5.82 Å². The first kappa shape index (κ1) is 13.1. The molecule has 1 aromatic heterocycles. The predicted molar refractivity (Wildman–Crippen MR) is 75.2 cm³/mol. The lowest BCUT2D eigenvalue weighted by molar-refractivity contribution is 0.431. The van der Waals surface area contributed by atoms with Gasteiger partial charge in [0.15, 0.2) is 5.82 Å². The zero-order chi connectivity index (χ0) is 14.5. The molecule has 3 rings (SSSR count). The second-order valence-electron chi connectivity index (χ2n) is 4.97. The minimum Gasteiger partial charge on any atom is -0.381 e. The molecule has 6 nitrogen and oxygen atoms in total. The molecule has 0 atom stereocenters. The largest absolute Gasteiger partial charge is 0.381 e. The predicted octanol–water partition coefficient (Wildman–Crippen LogP) is 1.02.